The number of halogens is 1. The van der Waals surface area contributed by atoms with Gasteiger partial charge in [0.15, 0.2) is 5.82 Å². The fourth-order valence-corrected chi connectivity index (χ4v) is 1.15. The van der Waals surface area contributed by atoms with Gasteiger partial charge in [-0.1, -0.05) is 12.1 Å². The monoisotopic (exact) mass is 192 g/mol. The molecule has 1 heterocycles. The van der Waals surface area contributed by atoms with Gasteiger partial charge in [0.25, 0.3) is 0 Å². The highest BCUT2D eigenvalue weighted by molar-refractivity contribution is 5.56. The molecule has 0 saturated carbocycles. The fraction of sp³-hybridized carbons (Fsp3) is 0.111. The van der Waals surface area contributed by atoms with E-state index in [-0.39, 0.29) is 11.8 Å². The van der Waals surface area contributed by atoms with Crippen molar-refractivity contribution in [3.8, 4) is 11.4 Å². The molecule has 0 aliphatic rings. The highest BCUT2D eigenvalue weighted by Gasteiger charge is 2.10. The van der Waals surface area contributed by atoms with E-state index in [0.717, 1.165) is 0 Å². The van der Waals surface area contributed by atoms with Gasteiger partial charge in [-0.2, -0.15) is 4.98 Å². The van der Waals surface area contributed by atoms with E-state index in [1.165, 1.54) is 10.7 Å². The van der Waals surface area contributed by atoms with E-state index >= 15 is 0 Å². The number of aromatic nitrogens is 3. The van der Waals surface area contributed by atoms with Gasteiger partial charge >= 0.3 is 0 Å². The summed E-state index contributed by atoms with van der Waals surface area (Å²) in [4.78, 5) is 3.93. The lowest BCUT2D eigenvalue weighted by Gasteiger charge is -1.95. The highest BCUT2D eigenvalue weighted by atomic mass is 19.1. The van der Waals surface area contributed by atoms with E-state index in [0.29, 0.717) is 11.4 Å². The van der Waals surface area contributed by atoms with Crippen molar-refractivity contribution in [2.24, 2.45) is 7.05 Å². The van der Waals surface area contributed by atoms with Gasteiger partial charge in [-0.3, -0.25) is 0 Å². The van der Waals surface area contributed by atoms with E-state index in [4.69, 9.17) is 5.73 Å². The minimum atomic E-state index is -0.349. The number of benzene rings is 1. The van der Waals surface area contributed by atoms with Crippen molar-refractivity contribution >= 4 is 5.95 Å². The Balaban J connectivity index is 2.55. The number of aryl methyl sites for hydroxylation is 1. The van der Waals surface area contributed by atoms with Crippen LogP contribution in [0.1, 0.15) is 0 Å². The summed E-state index contributed by atoms with van der Waals surface area (Å²) >= 11 is 0. The number of nitrogen functional groups attached to an aromatic ring is 1. The van der Waals surface area contributed by atoms with Gasteiger partial charge in [0.05, 0.1) is 5.56 Å². The summed E-state index contributed by atoms with van der Waals surface area (Å²) in [7, 11) is 1.66. The normalized spacial score (nSPS) is 10.4. The Bertz CT molecular complexity index is 444. The molecule has 0 unspecified atom stereocenters. The molecule has 4 nitrogen and oxygen atoms in total. The number of hydrogen-bond donors (Lipinski definition) is 1. The van der Waals surface area contributed by atoms with Crippen molar-refractivity contribution in [3.05, 3.63) is 30.1 Å². The molecule has 0 fully saturated rings. The van der Waals surface area contributed by atoms with E-state index in [1.54, 1.807) is 25.2 Å². The zero-order chi connectivity index (χ0) is 10.1. The first-order valence-corrected chi connectivity index (χ1v) is 4.10. The molecule has 0 amide bonds. The Hall–Kier alpha value is -1.91. The smallest absolute Gasteiger partial charge is 0.218 e. The summed E-state index contributed by atoms with van der Waals surface area (Å²) in [5.41, 5.74) is 5.86. The summed E-state index contributed by atoms with van der Waals surface area (Å²) in [6.45, 7) is 0. The molecule has 0 atom stereocenters. The first kappa shape index (κ1) is 8.68. The maximum Gasteiger partial charge on any atom is 0.218 e. The van der Waals surface area contributed by atoms with Crippen LogP contribution in [0.4, 0.5) is 10.3 Å². The lowest BCUT2D eigenvalue weighted by molar-refractivity contribution is 0.629. The lowest BCUT2D eigenvalue weighted by Crippen LogP contribution is -1.97. The molecule has 0 saturated heterocycles. The maximum absolute atomic E-state index is 13.3. The first-order chi connectivity index (χ1) is 6.68. The second-order valence-corrected chi connectivity index (χ2v) is 2.90. The summed E-state index contributed by atoms with van der Waals surface area (Å²) in [5.74, 6) is 0.226. The standard InChI is InChI=1S/C9H9FN4/c1-14-9(11)12-8(13-14)6-4-2-3-5-7(6)10/h2-5H,1H3,(H2,11,12,13). The van der Waals surface area contributed by atoms with Crippen LogP contribution in [0.5, 0.6) is 0 Å². The van der Waals surface area contributed by atoms with Crippen molar-refractivity contribution in [1.82, 2.24) is 14.8 Å². The molecule has 0 spiro atoms. The van der Waals surface area contributed by atoms with Gasteiger partial charge in [-0.25, -0.2) is 9.07 Å². The van der Waals surface area contributed by atoms with Crippen molar-refractivity contribution in [2.45, 2.75) is 0 Å². The molecular weight excluding hydrogens is 183 g/mol. The van der Waals surface area contributed by atoms with Crippen molar-refractivity contribution in [1.29, 1.82) is 0 Å². The Morgan fingerprint density at radius 3 is 2.64 bits per heavy atom. The quantitative estimate of drug-likeness (QED) is 0.738. The Morgan fingerprint density at radius 2 is 2.07 bits per heavy atom. The Kier molecular flexibility index (Phi) is 1.92. The van der Waals surface area contributed by atoms with Crippen LogP contribution >= 0.6 is 0 Å². The molecule has 0 radical (unpaired) electrons. The molecule has 0 bridgehead atoms. The molecule has 0 aliphatic heterocycles. The van der Waals surface area contributed by atoms with Crippen LogP contribution < -0.4 is 5.73 Å². The van der Waals surface area contributed by atoms with Gasteiger partial charge in [0.1, 0.15) is 5.82 Å². The van der Waals surface area contributed by atoms with Gasteiger partial charge in [-0.15, -0.1) is 5.10 Å². The molecule has 2 rings (SSSR count). The van der Waals surface area contributed by atoms with Crippen LogP contribution in [0.2, 0.25) is 0 Å². The molecule has 1 aromatic heterocycles. The van der Waals surface area contributed by atoms with Crippen LogP contribution in [0.25, 0.3) is 11.4 Å². The summed E-state index contributed by atoms with van der Waals surface area (Å²) < 4.78 is 14.7. The van der Waals surface area contributed by atoms with Crippen LogP contribution in [0, 0.1) is 5.82 Å². The summed E-state index contributed by atoms with van der Waals surface area (Å²) in [6.07, 6.45) is 0. The molecule has 2 N–H and O–H groups in total. The summed E-state index contributed by atoms with van der Waals surface area (Å²) in [5, 5.41) is 3.98. The number of hydrogen-bond acceptors (Lipinski definition) is 3. The molecule has 14 heavy (non-hydrogen) atoms. The van der Waals surface area contributed by atoms with Gasteiger partial charge in [-0.05, 0) is 12.1 Å². The first-order valence-electron chi connectivity index (χ1n) is 4.10. The Morgan fingerprint density at radius 1 is 1.36 bits per heavy atom. The average Bonchev–Trinajstić information content (AvgIpc) is 2.48. The van der Waals surface area contributed by atoms with E-state index in [9.17, 15) is 4.39 Å². The topological polar surface area (TPSA) is 56.7 Å². The molecular formula is C9H9FN4. The van der Waals surface area contributed by atoms with E-state index in [2.05, 4.69) is 10.1 Å². The van der Waals surface area contributed by atoms with Crippen LogP contribution in [-0.4, -0.2) is 14.8 Å². The van der Waals surface area contributed by atoms with Gasteiger partial charge in [0, 0.05) is 7.05 Å². The number of anilines is 1. The van der Waals surface area contributed by atoms with Crippen LogP contribution in [0.15, 0.2) is 24.3 Å². The minimum Gasteiger partial charge on any atom is -0.368 e. The summed E-state index contributed by atoms with van der Waals surface area (Å²) in [6, 6.07) is 6.32. The third-order valence-electron chi connectivity index (χ3n) is 1.91. The zero-order valence-corrected chi connectivity index (χ0v) is 7.61. The largest absolute Gasteiger partial charge is 0.368 e. The average molecular weight is 192 g/mol. The predicted molar refractivity (Wildman–Crippen MR) is 50.8 cm³/mol. The highest BCUT2D eigenvalue weighted by Crippen LogP contribution is 2.19. The maximum atomic E-state index is 13.3. The van der Waals surface area contributed by atoms with Gasteiger partial charge in [0.2, 0.25) is 5.95 Å². The minimum absolute atomic E-state index is 0.267. The molecule has 5 heteroatoms. The predicted octanol–water partition coefficient (Wildman–Crippen LogP) is 1.20. The molecule has 2 aromatic rings. The fourth-order valence-electron chi connectivity index (χ4n) is 1.15. The van der Waals surface area contributed by atoms with Gasteiger partial charge < -0.3 is 5.73 Å². The SMILES string of the molecule is Cn1nc(-c2ccccc2F)nc1N. The third kappa shape index (κ3) is 1.32. The number of nitrogens with two attached hydrogens (primary N) is 1. The second-order valence-electron chi connectivity index (χ2n) is 2.90. The van der Waals surface area contributed by atoms with Crippen molar-refractivity contribution in [3.63, 3.8) is 0 Å². The second kappa shape index (κ2) is 3.10. The van der Waals surface area contributed by atoms with E-state index in [1.807, 2.05) is 0 Å². The van der Waals surface area contributed by atoms with Crippen molar-refractivity contribution in [2.75, 3.05) is 5.73 Å². The molecule has 1 aromatic carbocycles. The zero-order valence-electron chi connectivity index (χ0n) is 7.61. The lowest BCUT2D eigenvalue weighted by atomic mass is 10.2. The van der Waals surface area contributed by atoms with E-state index < -0.39 is 0 Å². The van der Waals surface area contributed by atoms with Crippen LogP contribution in [0.3, 0.4) is 0 Å². The Labute approximate surface area is 80.2 Å². The number of nitrogens with zero attached hydrogens (tertiary/aromatic N) is 3. The van der Waals surface area contributed by atoms with Crippen LogP contribution in [-0.2, 0) is 7.05 Å². The van der Waals surface area contributed by atoms with Crippen molar-refractivity contribution < 1.29 is 4.39 Å². The molecule has 0 aliphatic carbocycles. The number of rotatable bonds is 1. The third-order valence-corrected chi connectivity index (χ3v) is 1.91. The molecule has 72 valence electrons.